The van der Waals surface area contributed by atoms with Gasteiger partial charge in [0, 0.05) is 13.1 Å². The second-order valence-corrected chi connectivity index (χ2v) is 5.22. The summed E-state index contributed by atoms with van der Waals surface area (Å²) in [6, 6.07) is 10.2. The lowest BCUT2D eigenvalue weighted by atomic mass is 9.94. The van der Waals surface area contributed by atoms with Crippen LogP contribution >= 0.6 is 0 Å². The maximum absolute atomic E-state index is 11.9. The number of ether oxygens (including phenoxy) is 1. The fourth-order valence-electron chi connectivity index (χ4n) is 2.76. The van der Waals surface area contributed by atoms with Crippen molar-refractivity contribution in [2.45, 2.75) is 26.4 Å². The molecule has 0 unspecified atom stereocenters. The van der Waals surface area contributed by atoms with E-state index in [-0.39, 0.29) is 12.0 Å². The van der Waals surface area contributed by atoms with Crippen LogP contribution in [-0.4, -0.2) is 30.6 Å². The number of carbonyl (C=O) groups is 1. The van der Waals surface area contributed by atoms with Crippen molar-refractivity contribution in [2.75, 3.05) is 13.7 Å². The monoisotopic (exact) mass is 247 g/mol. The molecule has 3 nitrogen and oxygen atoms in total. The molecule has 18 heavy (non-hydrogen) atoms. The molecular weight excluding hydrogens is 226 g/mol. The van der Waals surface area contributed by atoms with Crippen molar-refractivity contribution in [1.82, 2.24) is 4.90 Å². The van der Waals surface area contributed by atoms with Gasteiger partial charge in [-0.1, -0.05) is 44.2 Å². The molecule has 1 aromatic carbocycles. The van der Waals surface area contributed by atoms with Gasteiger partial charge in [0.15, 0.2) is 0 Å². The third-order valence-corrected chi connectivity index (χ3v) is 3.98. The van der Waals surface area contributed by atoms with E-state index in [1.165, 1.54) is 12.7 Å². The maximum Gasteiger partial charge on any atom is 0.323 e. The summed E-state index contributed by atoms with van der Waals surface area (Å²) in [6.07, 6.45) is 0. The lowest BCUT2D eigenvalue weighted by Gasteiger charge is -2.24. The zero-order valence-corrected chi connectivity index (χ0v) is 11.3. The molecule has 0 bridgehead atoms. The van der Waals surface area contributed by atoms with Crippen LogP contribution < -0.4 is 0 Å². The molecule has 1 aromatic rings. The Morgan fingerprint density at radius 1 is 1.33 bits per heavy atom. The second-order valence-electron chi connectivity index (χ2n) is 5.22. The van der Waals surface area contributed by atoms with Gasteiger partial charge in [0.2, 0.25) is 0 Å². The largest absolute Gasteiger partial charge is 0.468 e. The molecule has 0 aromatic heterocycles. The van der Waals surface area contributed by atoms with Crippen LogP contribution in [0.25, 0.3) is 0 Å². The van der Waals surface area contributed by atoms with E-state index in [4.69, 9.17) is 4.74 Å². The zero-order valence-electron chi connectivity index (χ0n) is 11.3. The Hall–Kier alpha value is -1.35. The number of hydrogen-bond acceptors (Lipinski definition) is 3. The van der Waals surface area contributed by atoms with Gasteiger partial charge in [-0.3, -0.25) is 9.69 Å². The number of rotatable bonds is 3. The number of benzene rings is 1. The van der Waals surface area contributed by atoms with E-state index in [9.17, 15) is 4.79 Å². The van der Waals surface area contributed by atoms with Crippen LogP contribution in [0.15, 0.2) is 30.3 Å². The highest BCUT2D eigenvalue weighted by Crippen LogP contribution is 2.31. The predicted octanol–water partition coefficient (Wildman–Crippen LogP) is 2.32. The van der Waals surface area contributed by atoms with E-state index in [0.717, 1.165) is 13.1 Å². The lowest BCUT2D eigenvalue weighted by molar-refractivity contribution is -0.147. The van der Waals surface area contributed by atoms with Crippen LogP contribution in [-0.2, 0) is 16.1 Å². The van der Waals surface area contributed by atoms with Gasteiger partial charge in [-0.25, -0.2) is 0 Å². The SMILES string of the molecule is COC(=O)[C@@H]1[C@H](C)[C@H](C)CN1Cc1ccccc1. The van der Waals surface area contributed by atoms with Gasteiger partial charge >= 0.3 is 5.97 Å². The number of hydrogen-bond donors (Lipinski definition) is 0. The summed E-state index contributed by atoms with van der Waals surface area (Å²) < 4.78 is 4.94. The van der Waals surface area contributed by atoms with E-state index in [1.807, 2.05) is 18.2 Å². The number of nitrogens with zero attached hydrogens (tertiary/aromatic N) is 1. The first-order valence-corrected chi connectivity index (χ1v) is 6.49. The first kappa shape index (κ1) is 13.1. The van der Waals surface area contributed by atoms with Gasteiger partial charge < -0.3 is 4.74 Å². The third kappa shape index (κ3) is 2.56. The Morgan fingerprint density at radius 3 is 2.61 bits per heavy atom. The molecule has 2 rings (SSSR count). The van der Waals surface area contributed by atoms with Crippen LogP contribution in [0, 0.1) is 11.8 Å². The molecular formula is C15H21NO2. The molecule has 0 saturated carbocycles. The van der Waals surface area contributed by atoms with Crippen LogP contribution in [0.1, 0.15) is 19.4 Å². The summed E-state index contributed by atoms with van der Waals surface area (Å²) >= 11 is 0. The molecule has 98 valence electrons. The molecule has 1 fully saturated rings. The van der Waals surface area contributed by atoms with E-state index in [0.29, 0.717) is 11.8 Å². The van der Waals surface area contributed by atoms with Crippen LogP contribution in [0.4, 0.5) is 0 Å². The first-order valence-electron chi connectivity index (χ1n) is 6.49. The zero-order chi connectivity index (χ0) is 13.1. The minimum atomic E-state index is -0.109. The summed E-state index contributed by atoms with van der Waals surface area (Å²) in [5.74, 6) is 0.766. The van der Waals surface area contributed by atoms with Crippen molar-refractivity contribution < 1.29 is 9.53 Å². The molecule has 3 heteroatoms. The van der Waals surface area contributed by atoms with E-state index in [1.54, 1.807) is 0 Å². The summed E-state index contributed by atoms with van der Waals surface area (Å²) in [6.45, 7) is 6.11. The molecule has 1 saturated heterocycles. The fourth-order valence-corrected chi connectivity index (χ4v) is 2.76. The normalized spacial score (nSPS) is 28.3. The molecule has 0 amide bonds. The Bertz CT molecular complexity index is 404. The molecule has 0 spiro atoms. The van der Waals surface area contributed by atoms with Gasteiger partial charge in [0.25, 0.3) is 0 Å². The molecule has 1 aliphatic rings. The first-order chi connectivity index (χ1) is 8.63. The van der Waals surface area contributed by atoms with Gasteiger partial charge in [-0.2, -0.15) is 0 Å². The van der Waals surface area contributed by atoms with Crippen molar-refractivity contribution in [3.05, 3.63) is 35.9 Å². The quantitative estimate of drug-likeness (QED) is 0.768. The molecule has 0 aliphatic carbocycles. The summed E-state index contributed by atoms with van der Waals surface area (Å²) in [4.78, 5) is 14.1. The van der Waals surface area contributed by atoms with E-state index < -0.39 is 0 Å². The molecule has 0 N–H and O–H groups in total. The molecule has 1 heterocycles. The van der Waals surface area contributed by atoms with Gasteiger partial charge in [-0.05, 0) is 17.4 Å². The Labute approximate surface area is 109 Å². The Morgan fingerprint density at radius 2 is 2.00 bits per heavy atom. The van der Waals surface area contributed by atoms with Crippen molar-refractivity contribution in [3.8, 4) is 0 Å². The highest BCUT2D eigenvalue weighted by molar-refractivity contribution is 5.76. The van der Waals surface area contributed by atoms with Gasteiger partial charge in [0.1, 0.15) is 6.04 Å². The summed E-state index contributed by atoms with van der Waals surface area (Å²) in [5.41, 5.74) is 1.24. The van der Waals surface area contributed by atoms with Crippen LogP contribution in [0.3, 0.4) is 0 Å². The summed E-state index contributed by atoms with van der Waals surface area (Å²) in [5, 5.41) is 0. The smallest absolute Gasteiger partial charge is 0.323 e. The average Bonchev–Trinajstić information content (AvgIpc) is 2.65. The summed E-state index contributed by atoms with van der Waals surface area (Å²) in [7, 11) is 1.47. The standard InChI is InChI=1S/C15H21NO2/c1-11-9-16(10-13-7-5-4-6-8-13)14(12(11)2)15(17)18-3/h4-8,11-12,14H,9-10H2,1-3H3/t11-,12-,14+/m1/s1. The maximum atomic E-state index is 11.9. The molecule has 3 atom stereocenters. The van der Waals surface area contributed by atoms with E-state index in [2.05, 4.69) is 30.9 Å². The van der Waals surface area contributed by atoms with Crippen molar-refractivity contribution in [3.63, 3.8) is 0 Å². The van der Waals surface area contributed by atoms with Crippen LogP contribution in [0.5, 0.6) is 0 Å². The topological polar surface area (TPSA) is 29.5 Å². The van der Waals surface area contributed by atoms with Crippen molar-refractivity contribution in [1.29, 1.82) is 0 Å². The van der Waals surface area contributed by atoms with E-state index >= 15 is 0 Å². The molecule has 1 aliphatic heterocycles. The third-order valence-electron chi connectivity index (χ3n) is 3.98. The Kier molecular flexibility index (Phi) is 4.02. The molecule has 0 radical (unpaired) electrons. The lowest BCUT2D eigenvalue weighted by Crippen LogP contribution is -2.39. The predicted molar refractivity (Wildman–Crippen MR) is 71.0 cm³/mol. The van der Waals surface area contributed by atoms with Crippen molar-refractivity contribution in [2.24, 2.45) is 11.8 Å². The van der Waals surface area contributed by atoms with Gasteiger partial charge in [-0.15, -0.1) is 0 Å². The fraction of sp³-hybridized carbons (Fsp3) is 0.533. The number of carbonyl (C=O) groups excluding carboxylic acids is 1. The van der Waals surface area contributed by atoms with Crippen LogP contribution in [0.2, 0.25) is 0 Å². The number of esters is 1. The average molecular weight is 247 g/mol. The number of methoxy groups -OCH3 is 1. The minimum absolute atomic E-state index is 0.106. The Balaban J connectivity index is 2.13. The highest BCUT2D eigenvalue weighted by atomic mass is 16.5. The highest BCUT2D eigenvalue weighted by Gasteiger charge is 2.41. The minimum Gasteiger partial charge on any atom is -0.468 e. The number of likely N-dealkylation sites (tertiary alicyclic amines) is 1. The second kappa shape index (κ2) is 5.53. The van der Waals surface area contributed by atoms with Crippen molar-refractivity contribution >= 4 is 5.97 Å². The van der Waals surface area contributed by atoms with Gasteiger partial charge in [0.05, 0.1) is 7.11 Å².